The van der Waals surface area contributed by atoms with Crippen molar-refractivity contribution >= 4 is 0 Å². The number of rotatable bonds is 7. The highest BCUT2D eigenvalue weighted by Crippen LogP contribution is 2.27. The minimum atomic E-state index is -0.603. The SMILES string of the molecule is CCC(CO)(CO)NCc1ccn(C2CCCCC2)n1. The van der Waals surface area contributed by atoms with Gasteiger partial charge in [-0.1, -0.05) is 26.2 Å². The summed E-state index contributed by atoms with van der Waals surface area (Å²) in [6, 6.07) is 2.57. The highest BCUT2D eigenvalue weighted by atomic mass is 16.3. The molecule has 0 saturated heterocycles. The van der Waals surface area contributed by atoms with Crippen LogP contribution < -0.4 is 5.32 Å². The zero-order chi connectivity index (χ0) is 14.4. The third kappa shape index (κ3) is 3.59. The van der Waals surface area contributed by atoms with Gasteiger partial charge in [0.2, 0.25) is 0 Å². The lowest BCUT2D eigenvalue weighted by atomic mass is 9.96. The van der Waals surface area contributed by atoms with E-state index in [1.807, 2.05) is 13.0 Å². The molecule has 1 aromatic heterocycles. The summed E-state index contributed by atoms with van der Waals surface area (Å²) in [5.41, 5.74) is 0.365. The molecule has 0 radical (unpaired) electrons. The van der Waals surface area contributed by atoms with Gasteiger partial charge in [0.25, 0.3) is 0 Å². The molecule has 0 amide bonds. The second kappa shape index (κ2) is 7.20. The fourth-order valence-corrected chi connectivity index (χ4v) is 2.81. The first-order valence-electron chi connectivity index (χ1n) is 7.74. The van der Waals surface area contributed by atoms with Crippen molar-refractivity contribution < 1.29 is 10.2 Å². The van der Waals surface area contributed by atoms with E-state index in [4.69, 9.17) is 0 Å². The molecule has 0 spiro atoms. The summed E-state index contributed by atoms with van der Waals surface area (Å²) < 4.78 is 2.09. The summed E-state index contributed by atoms with van der Waals surface area (Å²) in [6.45, 7) is 2.40. The normalized spacial score (nSPS) is 17.6. The number of aromatic nitrogens is 2. The summed E-state index contributed by atoms with van der Waals surface area (Å²) in [4.78, 5) is 0. The van der Waals surface area contributed by atoms with Gasteiger partial charge in [0, 0.05) is 12.7 Å². The maximum atomic E-state index is 9.42. The Balaban J connectivity index is 1.92. The second-order valence-corrected chi connectivity index (χ2v) is 5.88. The lowest BCUT2D eigenvalue weighted by molar-refractivity contribution is 0.0860. The average molecular weight is 281 g/mol. The van der Waals surface area contributed by atoms with Gasteiger partial charge in [0.05, 0.1) is 30.5 Å². The summed E-state index contributed by atoms with van der Waals surface area (Å²) >= 11 is 0. The van der Waals surface area contributed by atoms with Gasteiger partial charge in [-0.15, -0.1) is 0 Å². The van der Waals surface area contributed by atoms with E-state index in [0.717, 1.165) is 5.69 Å². The molecule has 114 valence electrons. The molecule has 2 rings (SSSR count). The molecule has 1 saturated carbocycles. The minimum absolute atomic E-state index is 0.0661. The molecule has 1 aliphatic carbocycles. The Morgan fingerprint density at radius 3 is 2.60 bits per heavy atom. The van der Waals surface area contributed by atoms with Crippen LogP contribution in [0.4, 0.5) is 0 Å². The van der Waals surface area contributed by atoms with Gasteiger partial charge in [0.15, 0.2) is 0 Å². The Morgan fingerprint density at radius 2 is 2.00 bits per heavy atom. The van der Waals surface area contributed by atoms with Crippen molar-refractivity contribution in [3.05, 3.63) is 18.0 Å². The number of nitrogens with one attached hydrogen (secondary N) is 1. The van der Waals surface area contributed by atoms with Crippen LogP contribution in [0.5, 0.6) is 0 Å². The van der Waals surface area contributed by atoms with Crippen LogP contribution in [0.3, 0.4) is 0 Å². The van der Waals surface area contributed by atoms with Gasteiger partial charge in [-0.05, 0) is 25.3 Å². The molecule has 1 aromatic rings. The van der Waals surface area contributed by atoms with Crippen molar-refractivity contribution in [3.8, 4) is 0 Å². The van der Waals surface area contributed by atoms with E-state index in [1.165, 1.54) is 32.1 Å². The van der Waals surface area contributed by atoms with E-state index in [9.17, 15) is 10.2 Å². The van der Waals surface area contributed by atoms with Crippen LogP contribution in [0.2, 0.25) is 0 Å². The largest absolute Gasteiger partial charge is 0.394 e. The van der Waals surface area contributed by atoms with Crippen LogP contribution in [-0.2, 0) is 6.54 Å². The number of hydrogen-bond acceptors (Lipinski definition) is 4. The molecular weight excluding hydrogens is 254 g/mol. The third-order valence-corrected chi connectivity index (χ3v) is 4.54. The molecule has 3 N–H and O–H groups in total. The first kappa shape index (κ1) is 15.5. The zero-order valence-corrected chi connectivity index (χ0v) is 12.4. The molecule has 0 aliphatic heterocycles. The Morgan fingerprint density at radius 1 is 1.30 bits per heavy atom. The van der Waals surface area contributed by atoms with Crippen LogP contribution in [0, 0.1) is 0 Å². The van der Waals surface area contributed by atoms with Crippen molar-refractivity contribution in [3.63, 3.8) is 0 Å². The summed E-state index contributed by atoms with van der Waals surface area (Å²) in [5, 5.41) is 26.7. The van der Waals surface area contributed by atoms with Gasteiger partial charge in [0.1, 0.15) is 0 Å². The Bertz CT molecular complexity index is 387. The van der Waals surface area contributed by atoms with E-state index < -0.39 is 5.54 Å². The number of aliphatic hydroxyl groups excluding tert-OH is 2. The number of aliphatic hydroxyl groups is 2. The van der Waals surface area contributed by atoms with Gasteiger partial charge < -0.3 is 15.5 Å². The van der Waals surface area contributed by atoms with Crippen molar-refractivity contribution in [1.29, 1.82) is 0 Å². The van der Waals surface area contributed by atoms with E-state index in [-0.39, 0.29) is 13.2 Å². The fraction of sp³-hybridized carbons (Fsp3) is 0.800. The summed E-state index contributed by atoms with van der Waals surface area (Å²) in [7, 11) is 0. The third-order valence-electron chi connectivity index (χ3n) is 4.54. The van der Waals surface area contributed by atoms with E-state index >= 15 is 0 Å². The van der Waals surface area contributed by atoms with Gasteiger partial charge in [-0.25, -0.2) is 0 Å². The van der Waals surface area contributed by atoms with Gasteiger partial charge >= 0.3 is 0 Å². The predicted molar refractivity (Wildman–Crippen MR) is 78.4 cm³/mol. The molecule has 0 aromatic carbocycles. The van der Waals surface area contributed by atoms with Crippen LogP contribution >= 0.6 is 0 Å². The van der Waals surface area contributed by atoms with Crippen LogP contribution in [0.25, 0.3) is 0 Å². The molecule has 0 atom stereocenters. The van der Waals surface area contributed by atoms with E-state index in [0.29, 0.717) is 19.0 Å². The molecule has 1 heterocycles. The summed E-state index contributed by atoms with van der Waals surface area (Å²) in [5.74, 6) is 0. The number of nitrogens with zero attached hydrogens (tertiary/aromatic N) is 2. The van der Waals surface area contributed by atoms with Gasteiger partial charge in [-0.2, -0.15) is 5.10 Å². The molecule has 20 heavy (non-hydrogen) atoms. The molecule has 5 nitrogen and oxygen atoms in total. The average Bonchev–Trinajstić information content (AvgIpc) is 2.99. The summed E-state index contributed by atoms with van der Waals surface area (Å²) in [6.07, 6.45) is 9.12. The molecular formula is C15H27N3O2. The smallest absolute Gasteiger partial charge is 0.0762 e. The minimum Gasteiger partial charge on any atom is -0.394 e. The highest BCUT2D eigenvalue weighted by molar-refractivity contribution is 5.01. The van der Waals surface area contributed by atoms with Crippen molar-refractivity contribution in [2.24, 2.45) is 0 Å². The second-order valence-electron chi connectivity index (χ2n) is 5.88. The van der Waals surface area contributed by atoms with E-state index in [1.54, 1.807) is 0 Å². The van der Waals surface area contributed by atoms with Crippen LogP contribution in [0.1, 0.15) is 57.2 Å². The van der Waals surface area contributed by atoms with Gasteiger partial charge in [-0.3, -0.25) is 4.68 Å². The Labute approximate surface area is 121 Å². The van der Waals surface area contributed by atoms with E-state index in [2.05, 4.69) is 21.3 Å². The zero-order valence-electron chi connectivity index (χ0n) is 12.4. The predicted octanol–water partition coefficient (Wildman–Crippen LogP) is 1.61. The first-order chi connectivity index (χ1) is 9.73. The van der Waals surface area contributed by atoms with Crippen molar-refractivity contribution in [1.82, 2.24) is 15.1 Å². The van der Waals surface area contributed by atoms with Crippen molar-refractivity contribution in [2.75, 3.05) is 13.2 Å². The first-order valence-corrected chi connectivity index (χ1v) is 7.74. The maximum Gasteiger partial charge on any atom is 0.0762 e. The fourth-order valence-electron chi connectivity index (χ4n) is 2.81. The standard InChI is InChI=1S/C15H27N3O2/c1-2-15(11-19,12-20)16-10-13-8-9-18(17-13)14-6-4-3-5-7-14/h8-9,14,16,19-20H,2-7,10-12H2,1H3. The molecule has 0 bridgehead atoms. The molecule has 5 heteroatoms. The van der Waals surface area contributed by atoms with Crippen LogP contribution in [0.15, 0.2) is 12.3 Å². The maximum absolute atomic E-state index is 9.42. The molecule has 1 aliphatic rings. The molecule has 1 fully saturated rings. The Hall–Kier alpha value is -0.910. The lowest BCUT2D eigenvalue weighted by Gasteiger charge is -2.29. The van der Waals surface area contributed by atoms with Crippen molar-refractivity contribution in [2.45, 2.75) is 63.6 Å². The highest BCUT2D eigenvalue weighted by Gasteiger charge is 2.26. The lowest BCUT2D eigenvalue weighted by Crippen LogP contribution is -2.50. The quantitative estimate of drug-likeness (QED) is 0.710. The molecule has 0 unspecified atom stereocenters. The van der Waals surface area contributed by atoms with Crippen LogP contribution in [-0.4, -0.2) is 38.7 Å². The topological polar surface area (TPSA) is 70.3 Å². The monoisotopic (exact) mass is 281 g/mol. The number of hydrogen-bond donors (Lipinski definition) is 3. The Kier molecular flexibility index (Phi) is 5.57.